The van der Waals surface area contributed by atoms with Gasteiger partial charge in [0.05, 0.1) is 17.0 Å². The van der Waals surface area contributed by atoms with Crippen LogP contribution in [0, 0.1) is 0 Å². The Labute approximate surface area is 161 Å². The summed E-state index contributed by atoms with van der Waals surface area (Å²) in [5, 5.41) is 3.12. The van der Waals surface area contributed by atoms with Crippen molar-refractivity contribution in [2.45, 2.75) is 45.2 Å². The van der Waals surface area contributed by atoms with Crippen molar-refractivity contribution < 1.29 is 4.79 Å². The Bertz CT molecular complexity index is 1160. The third-order valence-corrected chi connectivity index (χ3v) is 5.17. The van der Waals surface area contributed by atoms with Gasteiger partial charge in [-0.15, -0.1) is 0 Å². The number of benzene rings is 1. The molecular weight excluding hydrogens is 356 g/mol. The van der Waals surface area contributed by atoms with E-state index in [2.05, 4.69) is 15.3 Å². The largest absolute Gasteiger partial charge is 0.345 e. The van der Waals surface area contributed by atoms with Crippen molar-refractivity contribution in [3.63, 3.8) is 0 Å². The molecule has 1 saturated carbocycles. The van der Waals surface area contributed by atoms with E-state index >= 15 is 0 Å². The molecule has 144 valence electrons. The highest BCUT2D eigenvalue weighted by Gasteiger charge is 2.29. The van der Waals surface area contributed by atoms with Gasteiger partial charge in [0, 0.05) is 18.2 Å². The van der Waals surface area contributed by atoms with Crippen LogP contribution in [0.2, 0.25) is 0 Å². The second kappa shape index (κ2) is 7.07. The second-order valence-corrected chi connectivity index (χ2v) is 7.18. The van der Waals surface area contributed by atoms with Gasteiger partial charge in [0.1, 0.15) is 0 Å². The summed E-state index contributed by atoms with van der Waals surface area (Å²) in [5.74, 6) is -0.0698. The molecule has 4 rings (SSSR count). The van der Waals surface area contributed by atoms with Crippen LogP contribution in [0.4, 0.5) is 0 Å². The van der Waals surface area contributed by atoms with Crippen LogP contribution in [0.1, 0.15) is 60.3 Å². The fourth-order valence-electron chi connectivity index (χ4n) is 3.45. The van der Waals surface area contributed by atoms with E-state index in [0.717, 1.165) is 24.1 Å². The standard InChI is InChI=1S/C21H22N4O3/c1-3-25-18-17(20(27)24-21(25)28)15(11-16(23-18)14-9-10-14)19(26)22-12(2)13-7-5-4-6-8-13/h4-8,11-12,14H,3,9-10H2,1-2H3,(H,22,26)(H,24,27,28). The van der Waals surface area contributed by atoms with Gasteiger partial charge in [-0.25, -0.2) is 9.78 Å². The maximum absolute atomic E-state index is 13.1. The predicted molar refractivity (Wildman–Crippen MR) is 107 cm³/mol. The summed E-state index contributed by atoms with van der Waals surface area (Å²) in [4.78, 5) is 44.7. The molecule has 7 nitrogen and oxygen atoms in total. The van der Waals surface area contributed by atoms with E-state index < -0.39 is 11.2 Å². The van der Waals surface area contributed by atoms with E-state index in [9.17, 15) is 14.4 Å². The average Bonchev–Trinajstić information content (AvgIpc) is 3.53. The quantitative estimate of drug-likeness (QED) is 0.713. The van der Waals surface area contributed by atoms with E-state index in [1.54, 1.807) is 6.07 Å². The molecule has 1 amide bonds. The summed E-state index contributed by atoms with van der Waals surface area (Å²) >= 11 is 0. The van der Waals surface area contributed by atoms with Crippen LogP contribution in [-0.4, -0.2) is 20.4 Å². The zero-order chi connectivity index (χ0) is 19.8. The molecule has 1 unspecified atom stereocenters. The molecule has 0 aliphatic heterocycles. The molecule has 2 heterocycles. The second-order valence-electron chi connectivity index (χ2n) is 7.18. The Balaban J connectivity index is 1.84. The fourth-order valence-corrected chi connectivity index (χ4v) is 3.45. The third-order valence-electron chi connectivity index (χ3n) is 5.17. The van der Waals surface area contributed by atoms with Crippen molar-refractivity contribution in [2.75, 3.05) is 0 Å². The number of nitrogens with zero attached hydrogens (tertiary/aromatic N) is 2. The smallest absolute Gasteiger partial charge is 0.329 e. The van der Waals surface area contributed by atoms with Gasteiger partial charge in [-0.1, -0.05) is 30.3 Å². The topological polar surface area (TPSA) is 96.9 Å². The van der Waals surface area contributed by atoms with Crippen molar-refractivity contribution in [3.05, 3.63) is 74.1 Å². The molecule has 28 heavy (non-hydrogen) atoms. The first-order chi connectivity index (χ1) is 13.5. The number of pyridine rings is 1. The van der Waals surface area contributed by atoms with Gasteiger partial charge in [-0.05, 0) is 38.3 Å². The molecule has 7 heteroatoms. The summed E-state index contributed by atoms with van der Waals surface area (Å²) in [6.07, 6.45) is 2.00. The van der Waals surface area contributed by atoms with E-state index in [1.165, 1.54) is 4.57 Å². The zero-order valence-electron chi connectivity index (χ0n) is 15.9. The first kappa shape index (κ1) is 18.2. The summed E-state index contributed by atoms with van der Waals surface area (Å²) in [7, 11) is 0. The van der Waals surface area contributed by atoms with Crippen molar-refractivity contribution in [1.29, 1.82) is 0 Å². The Morgan fingerprint density at radius 1 is 1.29 bits per heavy atom. The van der Waals surface area contributed by atoms with Crippen LogP contribution < -0.4 is 16.6 Å². The van der Waals surface area contributed by atoms with Gasteiger partial charge < -0.3 is 5.32 Å². The monoisotopic (exact) mass is 378 g/mol. The van der Waals surface area contributed by atoms with E-state index in [1.807, 2.05) is 44.2 Å². The normalized spacial score (nSPS) is 14.8. The molecule has 0 spiro atoms. The summed E-state index contributed by atoms with van der Waals surface area (Å²) in [5.41, 5.74) is 1.17. The number of aryl methyl sites for hydroxylation is 1. The summed E-state index contributed by atoms with van der Waals surface area (Å²) < 4.78 is 1.40. The number of rotatable bonds is 5. The van der Waals surface area contributed by atoms with Gasteiger partial charge in [0.25, 0.3) is 11.5 Å². The number of fused-ring (bicyclic) bond motifs is 1. The van der Waals surface area contributed by atoms with Crippen LogP contribution in [-0.2, 0) is 6.54 Å². The zero-order valence-corrected chi connectivity index (χ0v) is 15.9. The van der Waals surface area contributed by atoms with Crippen molar-refractivity contribution in [1.82, 2.24) is 19.9 Å². The first-order valence-corrected chi connectivity index (χ1v) is 9.53. The molecular formula is C21H22N4O3. The van der Waals surface area contributed by atoms with E-state index in [0.29, 0.717) is 6.54 Å². The number of carbonyl (C=O) groups excluding carboxylic acids is 1. The molecule has 0 radical (unpaired) electrons. The summed E-state index contributed by atoms with van der Waals surface area (Å²) in [6, 6.07) is 11.1. The minimum atomic E-state index is -0.586. The minimum Gasteiger partial charge on any atom is -0.345 e. The maximum atomic E-state index is 13.1. The van der Waals surface area contributed by atoms with E-state index in [4.69, 9.17) is 0 Å². The van der Waals surface area contributed by atoms with Crippen LogP contribution in [0.15, 0.2) is 46.0 Å². The molecule has 0 bridgehead atoms. The number of hydrogen-bond acceptors (Lipinski definition) is 4. The van der Waals surface area contributed by atoms with Gasteiger partial charge in [-0.2, -0.15) is 0 Å². The van der Waals surface area contributed by atoms with Crippen LogP contribution >= 0.6 is 0 Å². The van der Waals surface area contributed by atoms with Gasteiger partial charge in [-0.3, -0.25) is 19.1 Å². The molecule has 1 aromatic carbocycles. The Morgan fingerprint density at radius 2 is 2.00 bits per heavy atom. The Hall–Kier alpha value is -3.22. The van der Waals surface area contributed by atoms with Gasteiger partial charge in [0.15, 0.2) is 5.65 Å². The van der Waals surface area contributed by atoms with Gasteiger partial charge >= 0.3 is 5.69 Å². The lowest BCUT2D eigenvalue weighted by Crippen LogP contribution is -2.33. The Kier molecular flexibility index (Phi) is 4.58. The number of aromatic nitrogens is 3. The van der Waals surface area contributed by atoms with Crippen molar-refractivity contribution in [2.24, 2.45) is 0 Å². The molecule has 1 aliphatic rings. The molecule has 1 aliphatic carbocycles. The average molecular weight is 378 g/mol. The fraction of sp³-hybridized carbons (Fsp3) is 0.333. The molecule has 2 N–H and O–H groups in total. The van der Waals surface area contributed by atoms with Crippen LogP contribution in [0.3, 0.4) is 0 Å². The maximum Gasteiger partial charge on any atom is 0.329 e. The predicted octanol–water partition coefficient (Wildman–Crippen LogP) is 2.47. The summed E-state index contributed by atoms with van der Waals surface area (Å²) in [6.45, 7) is 4.06. The van der Waals surface area contributed by atoms with Crippen molar-refractivity contribution >= 4 is 16.9 Å². The molecule has 1 atom stereocenters. The van der Waals surface area contributed by atoms with Crippen LogP contribution in [0.5, 0.6) is 0 Å². The lowest BCUT2D eigenvalue weighted by Gasteiger charge is -2.16. The number of aromatic amines is 1. The lowest BCUT2D eigenvalue weighted by atomic mass is 10.1. The molecule has 0 saturated heterocycles. The lowest BCUT2D eigenvalue weighted by molar-refractivity contribution is 0.0941. The number of hydrogen-bond donors (Lipinski definition) is 2. The number of carbonyl (C=O) groups is 1. The molecule has 3 aromatic rings. The molecule has 2 aromatic heterocycles. The van der Waals surface area contributed by atoms with Crippen LogP contribution in [0.25, 0.3) is 11.0 Å². The first-order valence-electron chi connectivity index (χ1n) is 9.53. The Morgan fingerprint density at radius 3 is 2.64 bits per heavy atom. The number of nitrogens with one attached hydrogen (secondary N) is 2. The highest BCUT2D eigenvalue weighted by Crippen LogP contribution is 2.39. The highest BCUT2D eigenvalue weighted by atomic mass is 16.2. The molecule has 1 fully saturated rings. The van der Waals surface area contributed by atoms with Gasteiger partial charge in [0.2, 0.25) is 0 Å². The number of amides is 1. The van der Waals surface area contributed by atoms with Crippen molar-refractivity contribution in [3.8, 4) is 0 Å². The van der Waals surface area contributed by atoms with E-state index in [-0.39, 0.29) is 34.5 Å². The highest BCUT2D eigenvalue weighted by molar-refractivity contribution is 6.05. The SMILES string of the molecule is CCn1c(=O)[nH]c(=O)c2c(C(=O)NC(C)c3ccccc3)cc(C3CC3)nc21. The third kappa shape index (κ3) is 3.24. The number of H-pyrrole nitrogens is 1. The minimum absolute atomic E-state index is 0.156.